The van der Waals surface area contributed by atoms with Crippen LogP contribution >= 0.6 is 11.8 Å². The first-order chi connectivity index (χ1) is 6.16. The van der Waals surface area contributed by atoms with Gasteiger partial charge in [-0.1, -0.05) is 0 Å². The first-order valence-electron chi connectivity index (χ1n) is 4.51. The van der Waals surface area contributed by atoms with Crippen LogP contribution in [-0.4, -0.2) is 27.3 Å². The molecule has 13 heavy (non-hydrogen) atoms. The van der Waals surface area contributed by atoms with Gasteiger partial charge in [0, 0.05) is 23.0 Å². The lowest BCUT2D eigenvalue weighted by atomic mass is 9.91. The molecule has 0 aromatic rings. The first kappa shape index (κ1) is 8.99. The molecule has 2 aliphatic rings. The monoisotopic (exact) mass is 200 g/mol. The molecule has 0 aromatic heterocycles. The van der Waals surface area contributed by atoms with Crippen LogP contribution < -0.4 is 0 Å². The third-order valence-electron chi connectivity index (χ3n) is 2.69. The molecule has 1 aliphatic carbocycles. The van der Waals surface area contributed by atoms with Crippen LogP contribution in [0.5, 0.6) is 0 Å². The lowest BCUT2D eigenvalue weighted by molar-refractivity contribution is -0.526. The summed E-state index contributed by atoms with van der Waals surface area (Å²) in [6.07, 6.45) is 2.31. The van der Waals surface area contributed by atoms with Crippen LogP contribution in [-0.2, 0) is 0 Å². The Balaban J connectivity index is 2.03. The maximum Gasteiger partial charge on any atom is 0.215 e. The van der Waals surface area contributed by atoms with Crippen molar-refractivity contribution in [3.8, 4) is 0 Å². The van der Waals surface area contributed by atoms with E-state index >= 15 is 0 Å². The number of hydrogen-bond acceptors (Lipinski definition) is 4. The van der Waals surface area contributed by atoms with Gasteiger partial charge in [0.25, 0.3) is 0 Å². The summed E-state index contributed by atoms with van der Waals surface area (Å²) in [7, 11) is 0. The molecule has 0 amide bonds. The van der Waals surface area contributed by atoms with E-state index in [4.69, 9.17) is 0 Å². The molecular formula is C8H12N2O2S. The quantitative estimate of drug-likeness (QED) is 0.478. The summed E-state index contributed by atoms with van der Waals surface area (Å²) in [4.78, 5) is 14.8. The Morgan fingerprint density at radius 3 is 3.08 bits per heavy atom. The molecule has 1 fully saturated rings. The number of thioether (sulfide) groups is 1. The van der Waals surface area contributed by atoms with E-state index in [0.717, 1.165) is 17.9 Å². The number of hydrogen-bond donors (Lipinski definition) is 0. The van der Waals surface area contributed by atoms with Crippen molar-refractivity contribution in [3.05, 3.63) is 10.1 Å². The van der Waals surface area contributed by atoms with E-state index in [2.05, 4.69) is 4.99 Å². The highest BCUT2D eigenvalue weighted by atomic mass is 32.2. The Kier molecular flexibility index (Phi) is 2.27. The first-order valence-corrected chi connectivity index (χ1v) is 5.39. The largest absolute Gasteiger partial charge is 0.278 e. The second-order valence-electron chi connectivity index (χ2n) is 3.62. The summed E-state index contributed by atoms with van der Waals surface area (Å²) in [6.45, 7) is 1.99. The number of aliphatic imine (C=N–C) groups is 1. The zero-order valence-corrected chi connectivity index (χ0v) is 8.29. The van der Waals surface area contributed by atoms with Gasteiger partial charge in [0.15, 0.2) is 0 Å². The van der Waals surface area contributed by atoms with Crippen molar-refractivity contribution < 1.29 is 4.92 Å². The molecule has 0 aromatic carbocycles. The predicted molar refractivity (Wildman–Crippen MR) is 52.9 cm³/mol. The van der Waals surface area contributed by atoms with Gasteiger partial charge >= 0.3 is 0 Å². The van der Waals surface area contributed by atoms with Gasteiger partial charge in [-0.25, -0.2) is 0 Å². The van der Waals surface area contributed by atoms with Gasteiger partial charge in [-0.05, 0) is 13.3 Å². The molecule has 1 heterocycles. The third kappa shape index (κ3) is 1.70. The smallest absolute Gasteiger partial charge is 0.215 e. The van der Waals surface area contributed by atoms with E-state index in [9.17, 15) is 10.1 Å². The fraction of sp³-hybridized carbons (Fsp3) is 0.875. The average Bonchev–Trinajstić information content (AvgIpc) is 2.42. The van der Waals surface area contributed by atoms with Crippen molar-refractivity contribution in [2.24, 2.45) is 4.99 Å². The van der Waals surface area contributed by atoms with E-state index in [-0.39, 0.29) is 17.0 Å². The van der Waals surface area contributed by atoms with Crippen molar-refractivity contribution >= 4 is 16.8 Å². The predicted octanol–water partition coefficient (Wildman–Crippen LogP) is 1.72. The number of rotatable bonds is 1. The molecule has 0 bridgehead atoms. The number of fused-ring (bicyclic) bond motifs is 1. The second kappa shape index (κ2) is 3.29. The minimum atomic E-state index is -0.350. The van der Waals surface area contributed by atoms with Crippen LogP contribution in [0.1, 0.15) is 26.2 Å². The molecule has 0 N–H and O–H groups in total. The van der Waals surface area contributed by atoms with Crippen molar-refractivity contribution in [1.82, 2.24) is 0 Å². The molecule has 72 valence electrons. The van der Waals surface area contributed by atoms with Gasteiger partial charge < -0.3 is 0 Å². The average molecular weight is 200 g/mol. The summed E-state index contributed by atoms with van der Waals surface area (Å²) in [5.74, 6) is 0. The Labute approximate surface area is 81.0 Å². The van der Waals surface area contributed by atoms with Crippen LogP contribution in [0.25, 0.3) is 0 Å². The molecule has 0 spiro atoms. The van der Waals surface area contributed by atoms with Crippen molar-refractivity contribution in [2.75, 3.05) is 0 Å². The summed E-state index contributed by atoms with van der Waals surface area (Å²) in [5, 5.41) is 12.2. The molecule has 1 aliphatic heterocycles. The maximum atomic E-state index is 10.6. The molecule has 5 heteroatoms. The fourth-order valence-corrected chi connectivity index (χ4v) is 3.26. The van der Waals surface area contributed by atoms with Crippen molar-refractivity contribution in [3.63, 3.8) is 0 Å². The second-order valence-corrected chi connectivity index (χ2v) is 5.06. The van der Waals surface area contributed by atoms with Gasteiger partial charge in [-0.3, -0.25) is 15.1 Å². The van der Waals surface area contributed by atoms with Crippen molar-refractivity contribution in [1.29, 1.82) is 0 Å². The topological polar surface area (TPSA) is 55.5 Å². The molecule has 3 atom stereocenters. The Morgan fingerprint density at radius 2 is 2.38 bits per heavy atom. The summed E-state index contributed by atoms with van der Waals surface area (Å²) in [5.41, 5.74) is 0. The van der Waals surface area contributed by atoms with E-state index < -0.39 is 0 Å². The van der Waals surface area contributed by atoms with Gasteiger partial charge in [-0.2, -0.15) is 0 Å². The molecule has 0 saturated heterocycles. The van der Waals surface area contributed by atoms with Crippen LogP contribution in [0, 0.1) is 10.1 Å². The number of nitro groups is 1. The maximum absolute atomic E-state index is 10.6. The van der Waals surface area contributed by atoms with Crippen LogP contribution in [0.4, 0.5) is 0 Å². The Bertz CT molecular complexity index is 267. The molecule has 2 rings (SSSR count). The summed E-state index contributed by atoms with van der Waals surface area (Å²) in [6, 6.07) is -0.134. The fourth-order valence-electron chi connectivity index (χ4n) is 2.05. The highest BCUT2D eigenvalue weighted by Crippen LogP contribution is 2.37. The van der Waals surface area contributed by atoms with E-state index in [1.165, 1.54) is 0 Å². The molecular weight excluding hydrogens is 188 g/mol. The number of nitrogens with zero attached hydrogens (tertiary/aromatic N) is 2. The van der Waals surface area contributed by atoms with Gasteiger partial charge in [0.1, 0.15) is 0 Å². The Morgan fingerprint density at radius 1 is 1.62 bits per heavy atom. The van der Waals surface area contributed by atoms with E-state index in [1.807, 2.05) is 6.92 Å². The molecule has 1 saturated carbocycles. The molecule has 4 nitrogen and oxygen atoms in total. The zero-order chi connectivity index (χ0) is 9.42. The van der Waals surface area contributed by atoms with E-state index in [1.54, 1.807) is 11.8 Å². The molecule has 3 unspecified atom stereocenters. The minimum absolute atomic E-state index is 0.149. The van der Waals surface area contributed by atoms with Crippen molar-refractivity contribution in [2.45, 2.75) is 43.5 Å². The summed E-state index contributed by atoms with van der Waals surface area (Å²) < 4.78 is 0. The zero-order valence-electron chi connectivity index (χ0n) is 7.47. The molecule has 0 radical (unpaired) electrons. The van der Waals surface area contributed by atoms with Gasteiger partial charge in [0.05, 0.1) is 11.1 Å². The Hall–Kier alpha value is -0.580. The van der Waals surface area contributed by atoms with Crippen LogP contribution in [0.2, 0.25) is 0 Å². The van der Waals surface area contributed by atoms with Crippen LogP contribution in [0.15, 0.2) is 4.99 Å². The van der Waals surface area contributed by atoms with Crippen LogP contribution in [0.3, 0.4) is 0 Å². The summed E-state index contributed by atoms with van der Waals surface area (Å²) >= 11 is 1.79. The highest BCUT2D eigenvalue weighted by Gasteiger charge is 2.39. The van der Waals surface area contributed by atoms with Gasteiger partial charge in [0.2, 0.25) is 6.04 Å². The minimum Gasteiger partial charge on any atom is -0.278 e. The normalized spacial score (nSPS) is 38.2. The van der Waals surface area contributed by atoms with E-state index in [0.29, 0.717) is 11.7 Å². The third-order valence-corrected chi connectivity index (χ3v) is 3.99. The standard InChI is InChI=1S/C8H12N2O2S/c1-5-9-7-4-6(10(11)12)2-3-8(7)13-5/h6-8H,2-4H2,1H3. The lowest BCUT2D eigenvalue weighted by Crippen LogP contribution is -2.34. The SMILES string of the molecule is CC1=NC2CC([N+](=O)[O-])CCC2S1. The van der Waals surface area contributed by atoms with Gasteiger partial charge in [-0.15, -0.1) is 11.8 Å². The highest BCUT2D eigenvalue weighted by molar-refractivity contribution is 8.14. The lowest BCUT2D eigenvalue weighted by Gasteiger charge is -2.24.